The van der Waals surface area contributed by atoms with Crippen LogP contribution in [0.4, 0.5) is 0 Å². The predicted octanol–water partition coefficient (Wildman–Crippen LogP) is 5.22. The van der Waals surface area contributed by atoms with Gasteiger partial charge in [0, 0.05) is 0 Å². The lowest BCUT2D eigenvalue weighted by Gasteiger charge is -2.20. The fourth-order valence-electron chi connectivity index (χ4n) is 3.29. The van der Waals surface area contributed by atoms with E-state index in [0.29, 0.717) is 0 Å². The van der Waals surface area contributed by atoms with E-state index in [0.717, 1.165) is 27.5 Å². The molecule has 0 fully saturated rings. The van der Waals surface area contributed by atoms with Gasteiger partial charge in [0.15, 0.2) is 0 Å². The van der Waals surface area contributed by atoms with Crippen molar-refractivity contribution in [1.29, 1.82) is 0 Å². The van der Waals surface area contributed by atoms with Crippen molar-refractivity contribution in [2.24, 2.45) is 0 Å². The molecule has 0 heterocycles. The van der Waals surface area contributed by atoms with Crippen LogP contribution in [0.15, 0.2) is 102 Å². The minimum Gasteiger partial charge on any atom is -0.207 e. The molecule has 4 heteroatoms. The minimum atomic E-state index is -3.71. The predicted molar refractivity (Wildman–Crippen MR) is 114 cm³/mol. The molecule has 0 amide bonds. The number of rotatable bonds is 5. The fourth-order valence-corrected chi connectivity index (χ4v) is 4.54. The summed E-state index contributed by atoms with van der Waals surface area (Å²) in [6.07, 6.45) is 0. The summed E-state index contributed by atoms with van der Waals surface area (Å²) in [5.74, 6) is 0. The molecule has 1 N–H and O–H groups in total. The summed E-state index contributed by atoms with van der Waals surface area (Å²) in [5.41, 5.74) is 2.94. The van der Waals surface area contributed by atoms with E-state index in [4.69, 9.17) is 0 Å². The van der Waals surface area contributed by atoms with Gasteiger partial charge in [0.1, 0.15) is 0 Å². The van der Waals surface area contributed by atoms with E-state index >= 15 is 0 Å². The van der Waals surface area contributed by atoms with Crippen molar-refractivity contribution in [2.75, 3.05) is 0 Å². The number of nitrogens with one attached hydrogen (secondary N) is 1. The van der Waals surface area contributed by atoms with E-state index in [1.807, 2.05) is 91.9 Å². The van der Waals surface area contributed by atoms with Crippen molar-refractivity contribution >= 4 is 20.8 Å². The molecule has 0 saturated heterocycles. The maximum Gasteiger partial charge on any atom is 0.241 e. The van der Waals surface area contributed by atoms with Gasteiger partial charge < -0.3 is 0 Å². The summed E-state index contributed by atoms with van der Waals surface area (Å²) in [7, 11) is -3.71. The van der Waals surface area contributed by atoms with Crippen LogP contribution < -0.4 is 4.72 Å². The van der Waals surface area contributed by atoms with Crippen LogP contribution in [0.2, 0.25) is 0 Å². The van der Waals surface area contributed by atoms with Gasteiger partial charge >= 0.3 is 0 Å². The molecule has 0 aliphatic rings. The van der Waals surface area contributed by atoms with Crippen LogP contribution in [0.25, 0.3) is 10.8 Å². The second-order valence-corrected chi connectivity index (χ2v) is 8.60. The summed E-state index contributed by atoms with van der Waals surface area (Å²) in [6.45, 7) is 2.01. The number of fused-ring (bicyclic) bond motifs is 1. The number of hydrogen-bond donors (Lipinski definition) is 1. The fraction of sp³-hybridized carbons (Fsp3) is 0.0833. The van der Waals surface area contributed by atoms with Crippen LogP contribution in [-0.4, -0.2) is 8.42 Å². The van der Waals surface area contributed by atoms with Gasteiger partial charge in [0.25, 0.3) is 0 Å². The molecule has 0 aliphatic heterocycles. The molecule has 0 saturated carbocycles. The Bertz CT molecular complexity index is 1200. The van der Waals surface area contributed by atoms with E-state index in [1.54, 1.807) is 12.1 Å². The van der Waals surface area contributed by atoms with E-state index in [1.165, 1.54) is 0 Å². The van der Waals surface area contributed by atoms with Gasteiger partial charge in [0.2, 0.25) is 10.0 Å². The highest BCUT2D eigenvalue weighted by atomic mass is 32.2. The first-order valence-electron chi connectivity index (χ1n) is 9.16. The van der Waals surface area contributed by atoms with Crippen molar-refractivity contribution in [3.63, 3.8) is 0 Å². The van der Waals surface area contributed by atoms with Crippen LogP contribution >= 0.6 is 0 Å². The number of sulfonamides is 1. The Morgan fingerprint density at radius 1 is 0.679 bits per heavy atom. The van der Waals surface area contributed by atoms with Crippen molar-refractivity contribution < 1.29 is 8.42 Å². The average molecular weight is 388 g/mol. The van der Waals surface area contributed by atoms with Gasteiger partial charge in [0.05, 0.1) is 10.9 Å². The Labute approximate surface area is 165 Å². The van der Waals surface area contributed by atoms with Gasteiger partial charge in [-0.05, 0) is 41.0 Å². The summed E-state index contributed by atoms with van der Waals surface area (Å²) in [5, 5.41) is 1.91. The van der Waals surface area contributed by atoms with Crippen LogP contribution in [0.5, 0.6) is 0 Å². The zero-order chi connectivity index (χ0) is 19.6. The Balaban J connectivity index is 1.75. The molecular formula is C24H21NO2S. The third-order valence-electron chi connectivity index (χ3n) is 4.85. The summed E-state index contributed by atoms with van der Waals surface area (Å²) < 4.78 is 29.3. The first-order chi connectivity index (χ1) is 13.5. The summed E-state index contributed by atoms with van der Waals surface area (Å²) >= 11 is 0. The molecule has 4 aromatic rings. The zero-order valence-corrected chi connectivity index (χ0v) is 16.4. The monoisotopic (exact) mass is 387 g/mol. The molecule has 4 aromatic carbocycles. The topological polar surface area (TPSA) is 46.2 Å². The summed E-state index contributed by atoms with van der Waals surface area (Å²) in [6, 6.07) is 30.1. The van der Waals surface area contributed by atoms with Crippen molar-refractivity contribution in [1.82, 2.24) is 4.72 Å². The van der Waals surface area contributed by atoms with Crippen molar-refractivity contribution in [3.8, 4) is 0 Å². The Kier molecular flexibility index (Phi) is 4.99. The third-order valence-corrected chi connectivity index (χ3v) is 6.27. The molecule has 4 rings (SSSR count). The van der Waals surface area contributed by atoms with Gasteiger partial charge in [-0.3, -0.25) is 0 Å². The van der Waals surface area contributed by atoms with Gasteiger partial charge in [-0.25, -0.2) is 8.42 Å². The normalized spacial score (nSPS) is 12.8. The lowest BCUT2D eigenvalue weighted by molar-refractivity contribution is 0.572. The lowest BCUT2D eigenvalue weighted by Crippen LogP contribution is -2.29. The molecule has 140 valence electrons. The second-order valence-electron chi connectivity index (χ2n) is 6.88. The molecular weight excluding hydrogens is 366 g/mol. The molecule has 1 atom stereocenters. The number of benzene rings is 4. The SMILES string of the molecule is Cc1ccc([C@@H](NS(=O)(=O)c2ccc3ccccc3c2)c2ccccc2)cc1. The first kappa shape index (κ1) is 18.4. The molecule has 0 spiro atoms. The highest BCUT2D eigenvalue weighted by Crippen LogP contribution is 2.26. The minimum absolute atomic E-state index is 0.263. The average Bonchev–Trinajstić information content (AvgIpc) is 2.73. The number of hydrogen-bond acceptors (Lipinski definition) is 2. The summed E-state index contributed by atoms with van der Waals surface area (Å²) in [4.78, 5) is 0.263. The number of aryl methyl sites for hydroxylation is 1. The molecule has 0 unspecified atom stereocenters. The molecule has 0 aliphatic carbocycles. The lowest BCUT2D eigenvalue weighted by atomic mass is 9.99. The molecule has 0 aromatic heterocycles. The van der Waals surface area contributed by atoms with Gasteiger partial charge in [-0.1, -0.05) is 90.5 Å². The first-order valence-corrected chi connectivity index (χ1v) is 10.6. The second kappa shape index (κ2) is 7.58. The zero-order valence-electron chi connectivity index (χ0n) is 15.5. The third kappa shape index (κ3) is 3.84. The highest BCUT2D eigenvalue weighted by Gasteiger charge is 2.23. The maximum absolute atomic E-state index is 13.2. The van der Waals surface area contributed by atoms with Crippen LogP contribution in [0.3, 0.4) is 0 Å². The quantitative estimate of drug-likeness (QED) is 0.510. The van der Waals surface area contributed by atoms with Crippen LogP contribution in [0.1, 0.15) is 22.7 Å². The van der Waals surface area contributed by atoms with Crippen molar-refractivity contribution in [2.45, 2.75) is 17.9 Å². The van der Waals surface area contributed by atoms with Crippen molar-refractivity contribution in [3.05, 3.63) is 114 Å². The highest BCUT2D eigenvalue weighted by molar-refractivity contribution is 7.89. The van der Waals surface area contributed by atoms with Crippen LogP contribution in [-0.2, 0) is 10.0 Å². The molecule has 0 bridgehead atoms. The maximum atomic E-state index is 13.2. The standard InChI is InChI=1S/C24H21NO2S/c1-18-11-13-21(14-12-18)24(20-8-3-2-4-9-20)25-28(26,27)23-16-15-19-7-5-6-10-22(19)17-23/h2-17,24-25H,1H3/t24-/m0/s1. The van der Waals surface area contributed by atoms with Gasteiger partial charge in [-0.15, -0.1) is 0 Å². The Hall–Kier alpha value is -2.95. The molecule has 0 radical (unpaired) electrons. The Morgan fingerprint density at radius 2 is 1.29 bits per heavy atom. The molecule has 28 heavy (non-hydrogen) atoms. The largest absolute Gasteiger partial charge is 0.241 e. The van der Waals surface area contributed by atoms with E-state index in [9.17, 15) is 8.42 Å². The molecule has 3 nitrogen and oxygen atoms in total. The van der Waals surface area contributed by atoms with E-state index in [2.05, 4.69) is 4.72 Å². The van der Waals surface area contributed by atoms with Crippen LogP contribution in [0, 0.1) is 6.92 Å². The Morgan fingerprint density at radius 3 is 2.00 bits per heavy atom. The van der Waals surface area contributed by atoms with E-state index < -0.39 is 16.1 Å². The van der Waals surface area contributed by atoms with E-state index in [-0.39, 0.29) is 4.90 Å². The smallest absolute Gasteiger partial charge is 0.207 e. The van der Waals surface area contributed by atoms with Gasteiger partial charge in [-0.2, -0.15) is 4.72 Å².